The van der Waals surface area contributed by atoms with Gasteiger partial charge in [-0.2, -0.15) is 0 Å². The van der Waals surface area contributed by atoms with Crippen LogP contribution in [0.5, 0.6) is 0 Å². The number of hydrogen-bond acceptors (Lipinski definition) is 7. The van der Waals surface area contributed by atoms with E-state index in [2.05, 4.69) is 26.3 Å². The summed E-state index contributed by atoms with van der Waals surface area (Å²) in [6.45, 7) is 7.18. The summed E-state index contributed by atoms with van der Waals surface area (Å²) in [5.41, 5.74) is 6.54. The Morgan fingerprint density at radius 3 is 2.59 bits per heavy atom. The highest BCUT2D eigenvalue weighted by atomic mass is 32.1. The molecule has 0 bridgehead atoms. The van der Waals surface area contributed by atoms with Crippen LogP contribution in [0.15, 0.2) is 28.8 Å². The second kappa shape index (κ2) is 7.75. The van der Waals surface area contributed by atoms with Crippen LogP contribution in [-0.2, 0) is 4.79 Å². The first kappa shape index (κ1) is 18.8. The molecule has 3 aromatic rings. The first-order chi connectivity index (χ1) is 12.9. The highest BCUT2D eigenvalue weighted by Crippen LogP contribution is 2.26. The molecule has 27 heavy (non-hydrogen) atoms. The van der Waals surface area contributed by atoms with Crippen molar-refractivity contribution in [1.29, 1.82) is 0 Å². The summed E-state index contributed by atoms with van der Waals surface area (Å²) < 4.78 is 6.23. The molecule has 0 fully saturated rings. The van der Waals surface area contributed by atoms with E-state index in [0.29, 0.717) is 22.1 Å². The quantitative estimate of drug-likeness (QED) is 0.581. The molecule has 1 aromatic carbocycles. The maximum Gasteiger partial charge on any atom is 0.275 e. The lowest BCUT2D eigenvalue weighted by molar-refractivity contribution is -0.122. The molecule has 9 heteroatoms. The predicted molar refractivity (Wildman–Crippen MR) is 104 cm³/mol. The fraction of sp³-hybridized carbons (Fsp3) is 0.333. The van der Waals surface area contributed by atoms with Gasteiger partial charge in [0.2, 0.25) is 0 Å². The van der Waals surface area contributed by atoms with Crippen LogP contribution in [0.25, 0.3) is 10.2 Å². The zero-order valence-electron chi connectivity index (χ0n) is 15.5. The van der Waals surface area contributed by atoms with Gasteiger partial charge in [0.05, 0.1) is 15.9 Å². The van der Waals surface area contributed by atoms with Crippen LogP contribution < -0.4 is 16.2 Å². The molecule has 3 N–H and O–H groups in total. The SMILES string of the molecule is Cc1noc(C(C)C)c1C(=O)NNC(=O)[C@@H](C)Nc1nc2ccccc2s1. The topological polar surface area (TPSA) is 109 Å². The maximum atomic E-state index is 12.4. The van der Waals surface area contributed by atoms with Crippen LogP contribution >= 0.6 is 11.3 Å². The number of carbonyl (C=O) groups is 2. The number of rotatable bonds is 5. The number of thiazole rings is 1. The third-order valence-electron chi connectivity index (χ3n) is 3.97. The van der Waals surface area contributed by atoms with Gasteiger partial charge in [0, 0.05) is 5.92 Å². The average Bonchev–Trinajstić information content (AvgIpc) is 3.21. The van der Waals surface area contributed by atoms with E-state index in [4.69, 9.17) is 4.52 Å². The lowest BCUT2D eigenvalue weighted by Crippen LogP contribution is -2.47. The van der Waals surface area contributed by atoms with E-state index >= 15 is 0 Å². The van der Waals surface area contributed by atoms with E-state index in [1.807, 2.05) is 38.1 Å². The Balaban J connectivity index is 1.60. The summed E-state index contributed by atoms with van der Waals surface area (Å²) in [7, 11) is 0. The van der Waals surface area contributed by atoms with Crippen molar-refractivity contribution in [3.8, 4) is 0 Å². The van der Waals surface area contributed by atoms with Gasteiger partial charge in [0.15, 0.2) is 10.9 Å². The number of anilines is 1. The van der Waals surface area contributed by atoms with Crippen molar-refractivity contribution in [2.45, 2.75) is 39.7 Å². The van der Waals surface area contributed by atoms with Crippen molar-refractivity contribution in [3.05, 3.63) is 41.3 Å². The molecule has 0 unspecified atom stereocenters. The molecular weight excluding hydrogens is 366 g/mol. The summed E-state index contributed by atoms with van der Waals surface area (Å²) in [4.78, 5) is 29.1. The summed E-state index contributed by atoms with van der Waals surface area (Å²) >= 11 is 1.46. The summed E-state index contributed by atoms with van der Waals surface area (Å²) in [6, 6.07) is 7.15. The molecule has 2 amide bonds. The number of para-hydroxylation sites is 1. The average molecular weight is 387 g/mol. The Labute approximate surface area is 160 Å². The van der Waals surface area contributed by atoms with E-state index in [-0.39, 0.29) is 11.8 Å². The van der Waals surface area contributed by atoms with Gasteiger partial charge in [-0.3, -0.25) is 20.4 Å². The fourth-order valence-electron chi connectivity index (χ4n) is 2.53. The van der Waals surface area contributed by atoms with Gasteiger partial charge in [-0.25, -0.2) is 4.98 Å². The van der Waals surface area contributed by atoms with Crippen LogP contribution in [0.1, 0.15) is 48.5 Å². The van der Waals surface area contributed by atoms with Gasteiger partial charge in [-0.05, 0) is 26.0 Å². The van der Waals surface area contributed by atoms with E-state index in [9.17, 15) is 9.59 Å². The number of aromatic nitrogens is 2. The van der Waals surface area contributed by atoms with Crippen molar-refractivity contribution >= 4 is 38.5 Å². The number of aryl methyl sites for hydroxylation is 1. The number of amides is 2. The normalized spacial score (nSPS) is 12.2. The van der Waals surface area contributed by atoms with Crippen molar-refractivity contribution in [2.24, 2.45) is 0 Å². The van der Waals surface area contributed by atoms with Crippen molar-refractivity contribution < 1.29 is 14.1 Å². The molecule has 2 aromatic heterocycles. The zero-order chi connectivity index (χ0) is 19.6. The van der Waals surface area contributed by atoms with E-state index in [1.165, 1.54) is 11.3 Å². The summed E-state index contributed by atoms with van der Waals surface area (Å²) in [5.74, 6) is -0.358. The van der Waals surface area contributed by atoms with Gasteiger partial charge in [-0.1, -0.05) is 42.5 Å². The minimum absolute atomic E-state index is 0.00211. The Kier molecular flexibility index (Phi) is 5.41. The number of nitrogens with zero attached hydrogens (tertiary/aromatic N) is 2. The Morgan fingerprint density at radius 1 is 1.15 bits per heavy atom. The molecule has 0 spiro atoms. The van der Waals surface area contributed by atoms with Crippen molar-refractivity contribution in [3.63, 3.8) is 0 Å². The minimum Gasteiger partial charge on any atom is -0.360 e. The predicted octanol–water partition coefficient (Wildman–Crippen LogP) is 2.98. The summed E-state index contributed by atoms with van der Waals surface area (Å²) in [6.07, 6.45) is 0. The lowest BCUT2D eigenvalue weighted by Gasteiger charge is -2.14. The molecule has 0 aliphatic heterocycles. The van der Waals surface area contributed by atoms with E-state index < -0.39 is 11.9 Å². The minimum atomic E-state index is -0.584. The third-order valence-corrected chi connectivity index (χ3v) is 4.93. The molecule has 1 atom stereocenters. The van der Waals surface area contributed by atoms with Crippen molar-refractivity contribution in [2.75, 3.05) is 5.32 Å². The fourth-order valence-corrected chi connectivity index (χ4v) is 3.48. The van der Waals surface area contributed by atoms with Crippen molar-refractivity contribution in [1.82, 2.24) is 21.0 Å². The molecule has 8 nitrogen and oxygen atoms in total. The third kappa shape index (κ3) is 4.08. The second-order valence-electron chi connectivity index (χ2n) is 6.46. The summed E-state index contributed by atoms with van der Waals surface area (Å²) in [5, 5.41) is 7.51. The Bertz CT molecular complexity index is 945. The van der Waals surface area contributed by atoms with Crippen LogP contribution in [0.2, 0.25) is 0 Å². The van der Waals surface area contributed by atoms with Gasteiger partial charge in [-0.15, -0.1) is 0 Å². The standard InChI is InChI=1S/C18H21N5O3S/c1-9(2)15-14(10(3)23-26-15)17(25)22-21-16(24)11(4)19-18-20-12-7-5-6-8-13(12)27-18/h5-9,11H,1-4H3,(H,19,20)(H,21,24)(H,22,25)/t11-/m1/s1. The number of benzene rings is 1. The Morgan fingerprint density at radius 2 is 1.89 bits per heavy atom. The molecular formula is C18H21N5O3S. The first-order valence-electron chi connectivity index (χ1n) is 8.55. The van der Waals surface area contributed by atoms with Crippen LogP contribution in [0.3, 0.4) is 0 Å². The monoisotopic (exact) mass is 387 g/mol. The smallest absolute Gasteiger partial charge is 0.275 e. The van der Waals surface area contributed by atoms with Gasteiger partial charge < -0.3 is 9.84 Å². The van der Waals surface area contributed by atoms with Gasteiger partial charge in [0.1, 0.15) is 11.6 Å². The highest BCUT2D eigenvalue weighted by Gasteiger charge is 2.23. The molecule has 0 aliphatic rings. The molecule has 142 valence electrons. The number of hydrogen-bond donors (Lipinski definition) is 3. The highest BCUT2D eigenvalue weighted by molar-refractivity contribution is 7.22. The van der Waals surface area contributed by atoms with Gasteiger partial charge in [0.25, 0.3) is 11.8 Å². The number of hydrazine groups is 1. The van der Waals surface area contributed by atoms with Crippen LogP contribution in [0.4, 0.5) is 5.13 Å². The number of nitrogens with one attached hydrogen (secondary N) is 3. The van der Waals surface area contributed by atoms with E-state index in [0.717, 1.165) is 10.2 Å². The molecule has 0 saturated carbocycles. The number of fused-ring (bicyclic) bond motifs is 1. The largest absolute Gasteiger partial charge is 0.360 e. The molecule has 0 radical (unpaired) electrons. The Hall–Kier alpha value is -2.94. The zero-order valence-corrected chi connectivity index (χ0v) is 16.3. The van der Waals surface area contributed by atoms with E-state index in [1.54, 1.807) is 13.8 Å². The van der Waals surface area contributed by atoms with Crippen LogP contribution in [0, 0.1) is 6.92 Å². The molecule has 0 aliphatic carbocycles. The molecule has 3 rings (SSSR count). The molecule has 0 saturated heterocycles. The maximum absolute atomic E-state index is 12.4. The molecule has 2 heterocycles. The lowest BCUT2D eigenvalue weighted by atomic mass is 10.0. The first-order valence-corrected chi connectivity index (χ1v) is 9.37. The van der Waals surface area contributed by atoms with Crippen LogP contribution in [-0.4, -0.2) is 28.0 Å². The number of carbonyl (C=O) groups excluding carboxylic acids is 2. The second-order valence-corrected chi connectivity index (χ2v) is 7.49. The van der Waals surface area contributed by atoms with Gasteiger partial charge >= 0.3 is 0 Å².